The molecule has 0 spiro atoms. The van der Waals surface area contributed by atoms with E-state index in [1.807, 2.05) is 29.3 Å². The van der Waals surface area contributed by atoms with Crippen molar-refractivity contribution in [2.45, 2.75) is 5.25 Å². The van der Waals surface area contributed by atoms with E-state index in [2.05, 4.69) is 6.07 Å². The first-order valence-electron chi connectivity index (χ1n) is 5.13. The average Bonchev–Trinajstić information content (AvgIpc) is 2.91. The minimum atomic E-state index is -0.0383. The molecule has 0 radical (unpaired) electrons. The highest BCUT2D eigenvalue weighted by Gasteiger charge is 2.33. The van der Waals surface area contributed by atoms with Crippen LogP contribution in [0.2, 0.25) is 0 Å². The lowest BCUT2D eigenvalue weighted by molar-refractivity contribution is -0.111. The van der Waals surface area contributed by atoms with E-state index >= 15 is 0 Å². The van der Waals surface area contributed by atoms with E-state index in [1.165, 1.54) is 11.8 Å². The van der Waals surface area contributed by atoms with Crippen LogP contribution in [0, 0.1) is 11.3 Å². The summed E-state index contributed by atoms with van der Waals surface area (Å²) in [5.74, 6) is 0.792. The highest BCUT2D eigenvalue weighted by atomic mass is 32.2. The Bertz CT molecular complexity index is 551. The highest BCUT2D eigenvalue weighted by Crippen LogP contribution is 2.46. The third kappa shape index (κ3) is 1.74. The summed E-state index contributed by atoms with van der Waals surface area (Å²) < 4.78 is 0.966. The van der Waals surface area contributed by atoms with Crippen molar-refractivity contribution in [2.24, 2.45) is 0 Å². The van der Waals surface area contributed by atoms with Crippen LogP contribution < -0.4 is 0 Å². The lowest BCUT2D eigenvalue weighted by Crippen LogP contribution is -2.14. The Hall–Kier alpha value is -1.38. The number of allylic oxidation sites excluding steroid dienone is 4. The summed E-state index contributed by atoms with van der Waals surface area (Å²) in [6.45, 7) is 0. The maximum Gasteiger partial charge on any atom is 0.206 e. The van der Waals surface area contributed by atoms with Crippen LogP contribution in [0.3, 0.4) is 0 Å². The van der Waals surface area contributed by atoms with Crippen molar-refractivity contribution in [3.8, 4) is 6.07 Å². The number of rotatable bonds is 0. The first-order valence-corrected chi connectivity index (χ1v) is 6.99. The average molecular weight is 260 g/mol. The third-order valence-corrected chi connectivity index (χ3v) is 5.37. The van der Waals surface area contributed by atoms with Gasteiger partial charge in [-0.05, 0) is 12.2 Å². The number of nitriles is 1. The number of hydrogen-bond donors (Lipinski definition) is 0. The second-order valence-corrected chi connectivity index (χ2v) is 6.19. The number of thioether (sulfide) groups is 2. The molecule has 0 amide bonds. The van der Waals surface area contributed by atoms with Crippen LogP contribution in [-0.2, 0) is 4.79 Å². The SMILES string of the molecule is N#CC1CS/C(=C2/C(=O)C=C3C=CC=CN32)S1. The van der Waals surface area contributed by atoms with Crippen molar-refractivity contribution < 1.29 is 4.79 Å². The Morgan fingerprint density at radius 2 is 2.35 bits per heavy atom. The van der Waals surface area contributed by atoms with Gasteiger partial charge in [-0.15, -0.1) is 11.8 Å². The number of nitrogens with zero attached hydrogens (tertiary/aromatic N) is 2. The number of ketones is 1. The van der Waals surface area contributed by atoms with Gasteiger partial charge in [0, 0.05) is 23.7 Å². The molecule has 0 aromatic carbocycles. The number of hydrogen-bond acceptors (Lipinski definition) is 5. The number of carbonyl (C=O) groups is 1. The quantitative estimate of drug-likeness (QED) is 0.626. The predicted molar refractivity (Wildman–Crippen MR) is 69.7 cm³/mol. The summed E-state index contributed by atoms with van der Waals surface area (Å²) in [5, 5.41) is 8.84. The Labute approximate surface area is 108 Å². The van der Waals surface area contributed by atoms with Crippen molar-refractivity contribution >= 4 is 29.3 Å². The zero-order valence-corrected chi connectivity index (χ0v) is 10.4. The maximum atomic E-state index is 12.0. The summed E-state index contributed by atoms with van der Waals surface area (Å²) in [7, 11) is 0. The molecule has 0 aliphatic carbocycles. The molecule has 0 aromatic heterocycles. The van der Waals surface area contributed by atoms with Gasteiger partial charge in [-0.25, -0.2) is 0 Å². The molecular formula is C12H8N2OS2. The van der Waals surface area contributed by atoms with Crippen molar-refractivity contribution in [1.82, 2.24) is 4.90 Å². The van der Waals surface area contributed by atoms with Gasteiger partial charge in [0.15, 0.2) is 0 Å². The van der Waals surface area contributed by atoms with Crippen LogP contribution in [0.15, 0.2) is 46.1 Å². The van der Waals surface area contributed by atoms with Gasteiger partial charge in [-0.1, -0.05) is 17.8 Å². The van der Waals surface area contributed by atoms with E-state index in [0.717, 1.165) is 15.7 Å². The van der Waals surface area contributed by atoms with E-state index in [9.17, 15) is 4.79 Å². The first-order chi connectivity index (χ1) is 8.29. The van der Waals surface area contributed by atoms with Crippen molar-refractivity contribution in [2.75, 3.05) is 5.75 Å². The van der Waals surface area contributed by atoms with E-state index in [0.29, 0.717) is 5.70 Å². The molecule has 17 heavy (non-hydrogen) atoms. The molecule has 3 nitrogen and oxygen atoms in total. The predicted octanol–water partition coefficient (Wildman–Crippen LogP) is 2.38. The normalized spacial score (nSPS) is 30.5. The van der Waals surface area contributed by atoms with Crippen molar-refractivity contribution in [3.63, 3.8) is 0 Å². The minimum Gasteiger partial charge on any atom is -0.312 e. The second kappa shape index (κ2) is 4.13. The molecule has 3 heterocycles. The summed E-state index contributed by atoms with van der Waals surface area (Å²) >= 11 is 3.09. The molecule has 1 saturated heterocycles. The molecule has 5 heteroatoms. The molecule has 1 atom stereocenters. The van der Waals surface area contributed by atoms with E-state index in [4.69, 9.17) is 5.26 Å². The van der Waals surface area contributed by atoms with Gasteiger partial charge in [-0.3, -0.25) is 4.79 Å². The summed E-state index contributed by atoms with van der Waals surface area (Å²) in [5.41, 5.74) is 1.61. The Balaban J connectivity index is 1.98. The monoisotopic (exact) mass is 260 g/mol. The topological polar surface area (TPSA) is 44.1 Å². The summed E-state index contributed by atoms with van der Waals surface area (Å²) in [6, 6.07) is 2.23. The van der Waals surface area contributed by atoms with Gasteiger partial charge >= 0.3 is 0 Å². The zero-order chi connectivity index (χ0) is 11.8. The Kier molecular flexibility index (Phi) is 2.61. The molecule has 0 saturated carbocycles. The van der Waals surface area contributed by atoms with E-state index < -0.39 is 0 Å². The van der Waals surface area contributed by atoms with Crippen molar-refractivity contribution in [3.05, 3.63) is 46.1 Å². The van der Waals surface area contributed by atoms with Crippen molar-refractivity contribution in [1.29, 1.82) is 5.26 Å². The molecule has 84 valence electrons. The Morgan fingerprint density at radius 3 is 3.12 bits per heavy atom. The van der Waals surface area contributed by atoms with E-state index in [-0.39, 0.29) is 11.0 Å². The number of carbonyl (C=O) groups excluding carboxylic acids is 1. The van der Waals surface area contributed by atoms with Gasteiger partial charge < -0.3 is 4.90 Å². The van der Waals surface area contributed by atoms with Gasteiger partial charge in [0.2, 0.25) is 5.78 Å². The van der Waals surface area contributed by atoms with Crippen LogP contribution in [-0.4, -0.2) is 21.7 Å². The summed E-state index contributed by atoms with van der Waals surface area (Å²) in [6.07, 6.45) is 9.26. The van der Waals surface area contributed by atoms with Gasteiger partial charge in [0.25, 0.3) is 0 Å². The number of fused-ring (bicyclic) bond motifs is 1. The van der Waals surface area contributed by atoms with Crippen LogP contribution in [0.5, 0.6) is 0 Å². The molecule has 3 rings (SSSR count). The van der Waals surface area contributed by atoms with Gasteiger partial charge in [0.05, 0.1) is 10.3 Å². The third-order valence-electron chi connectivity index (χ3n) is 2.60. The largest absolute Gasteiger partial charge is 0.312 e. The molecular weight excluding hydrogens is 252 g/mol. The first kappa shape index (κ1) is 10.8. The molecule has 0 bridgehead atoms. The maximum absolute atomic E-state index is 12.0. The molecule has 3 aliphatic rings. The zero-order valence-electron chi connectivity index (χ0n) is 8.79. The minimum absolute atomic E-state index is 0.0322. The lowest BCUT2D eigenvalue weighted by atomic mass is 10.3. The lowest BCUT2D eigenvalue weighted by Gasteiger charge is -2.19. The van der Waals surface area contributed by atoms with Crippen LogP contribution >= 0.6 is 23.5 Å². The van der Waals surface area contributed by atoms with Crippen LogP contribution in [0.4, 0.5) is 0 Å². The molecule has 1 unspecified atom stereocenters. The smallest absolute Gasteiger partial charge is 0.206 e. The van der Waals surface area contributed by atoms with Gasteiger partial charge in [0.1, 0.15) is 10.9 Å². The van der Waals surface area contributed by atoms with Crippen LogP contribution in [0.1, 0.15) is 0 Å². The highest BCUT2D eigenvalue weighted by molar-refractivity contribution is 8.25. The molecule has 3 aliphatic heterocycles. The van der Waals surface area contributed by atoms with Gasteiger partial charge in [-0.2, -0.15) is 5.26 Å². The second-order valence-electron chi connectivity index (χ2n) is 3.69. The molecule has 1 fully saturated rings. The Morgan fingerprint density at radius 1 is 1.47 bits per heavy atom. The molecule has 0 N–H and O–H groups in total. The van der Waals surface area contributed by atoms with E-state index in [1.54, 1.807) is 17.8 Å². The summed E-state index contributed by atoms with van der Waals surface area (Å²) in [4.78, 5) is 13.9. The standard InChI is InChI=1S/C12H8N2OS2/c13-6-9-7-16-12(17-9)11-10(15)5-8-3-1-2-4-14(8)11/h1-5,9H,7H2/b12-11+. The van der Waals surface area contributed by atoms with Crippen LogP contribution in [0.25, 0.3) is 0 Å². The fourth-order valence-electron chi connectivity index (χ4n) is 1.83. The fraction of sp³-hybridized carbons (Fsp3) is 0.167. The molecule has 0 aromatic rings. The fourth-order valence-corrected chi connectivity index (χ4v) is 4.47.